The highest BCUT2D eigenvalue weighted by Gasteiger charge is 2.29. The van der Waals surface area contributed by atoms with Gasteiger partial charge in [0.2, 0.25) is 0 Å². The van der Waals surface area contributed by atoms with Crippen LogP contribution in [0.5, 0.6) is 0 Å². The average molecular weight is 210 g/mol. The Bertz CT molecular complexity index is 364. The molecule has 0 spiro atoms. The van der Waals surface area contributed by atoms with Crippen molar-refractivity contribution in [3.05, 3.63) is 21.9 Å². The average Bonchev–Trinajstić information content (AvgIpc) is 2.49. The molecule has 2 rings (SSSR count). The zero-order chi connectivity index (χ0) is 10.1. The van der Waals surface area contributed by atoms with Crippen molar-refractivity contribution in [2.75, 3.05) is 0 Å². The van der Waals surface area contributed by atoms with Crippen LogP contribution in [0.1, 0.15) is 29.2 Å². The van der Waals surface area contributed by atoms with E-state index >= 15 is 0 Å². The predicted octanol–water partition coefficient (Wildman–Crippen LogP) is 2.00. The summed E-state index contributed by atoms with van der Waals surface area (Å²) in [6, 6.07) is 2.00. The molecular formula is C10H10O3S. The summed E-state index contributed by atoms with van der Waals surface area (Å²) in [5, 5.41) is 1.98. The zero-order valence-corrected chi connectivity index (χ0v) is 8.60. The van der Waals surface area contributed by atoms with Crippen LogP contribution in [0, 0.1) is 6.92 Å². The molecule has 0 aliphatic carbocycles. The highest BCUT2D eigenvalue weighted by molar-refractivity contribution is 7.10. The minimum absolute atomic E-state index is 0.0312. The molecule has 0 amide bonds. The lowest BCUT2D eigenvalue weighted by Crippen LogP contribution is -2.24. The standard InChI is InChI=1S/C10H10O3S/c1-6-2-3-14-10(6)7-4-8(11)13-9(12)5-7/h2-3,7H,4-5H2,1H3. The van der Waals surface area contributed by atoms with Gasteiger partial charge in [0.05, 0.1) is 12.8 Å². The third-order valence-electron chi connectivity index (χ3n) is 2.33. The number of cyclic esters (lactones) is 2. The maximum absolute atomic E-state index is 11.1. The molecule has 74 valence electrons. The Morgan fingerprint density at radius 1 is 1.36 bits per heavy atom. The summed E-state index contributed by atoms with van der Waals surface area (Å²) >= 11 is 1.60. The summed E-state index contributed by atoms with van der Waals surface area (Å²) in [5.74, 6) is -0.776. The van der Waals surface area contributed by atoms with E-state index in [1.54, 1.807) is 11.3 Å². The lowest BCUT2D eigenvalue weighted by Gasteiger charge is -2.19. The number of hydrogen-bond donors (Lipinski definition) is 0. The fraction of sp³-hybridized carbons (Fsp3) is 0.400. The van der Waals surface area contributed by atoms with Gasteiger partial charge in [-0.05, 0) is 23.9 Å². The lowest BCUT2D eigenvalue weighted by atomic mass is 9.95. The normalized spacial score (nSPS) is 18.4. The number of carbonyl (C=O) groups is 2. The Kier molecular flexibility index (Phi) is 2.37. The molecule has 3 nitrogen and oxygen atoms in total. The van der Waals surface area contributed by atoms with Crippen LogP contribution < -0.4 is 0 Å². The largest absolute Gasteiger partial charge is 0.393 e. The fourth-order valence-electron chi connectivity index (χ4n) is 1.67. The van der Waals surface area contributed by atoms with Gasteiger partial charge in [-0.1, -0.05) is 0 Å². The summed E-state index contributed by atoms with van der Waals surface area (Å²) in [4.78, 5) is 23.2. The smallest absolute Gasteiger partial charge is 0.314 e. The molecule has 1 aliphatic rings. The van der Waals surface area contributed by atoms with Gasteiger partial charge < -0.3 is 4.74 Å². The molecule has 1 saturated heterocycles. The molecule has 0 bridgehead atoms. The van der Waals surface area contributed by atoms with E-state index in [9.17, 15) is 9.59 Å². The van der Waals surface area contributed by atoms with Crippen molar-refractivity contribution in [1.82, 2.24) is 0 Å². The van der Waals surface area contributed by atoms with Gasteiger partial charge in [0.25, 0.3) is 0 Å². The minimum atomic E-state index is -0.404. The molecule has 0 unspecified atom stereocenters. The van der Waals surface area contributed by atoms with Crippen molar-refractivity contribution < 1.29 is 14.3 Å². The number of carbonyl (C=O) groups excluding carboxylic acids is 2. The van der Waals surface area contributed by atoms with Gasteiger partial charge in [-0.25, -0.2) is 0 Å². The van der Waals surface area contributed by atoms with E-state index in [2.05, 4.69) is 4.74 Å². The van der Waals surface area contributed by atoms with Gasteiger partial charge in [-0.2, -0.15) is 0 Å². The molecular weight excluding hydrogens is 200 g/mol. The van der Waals surface area contributed by atoms with E-state index in [0.717, 1.165) is 10.4 Å². The van der Waals surface area contributed by atoms with Crippen molar-refractivity contribution in [2.45, 2.75) is 25.7 Å². The molecule has 1 aromatic heterocycles. The molecule has 1 fully saturated rings. The van der Waals surface area contributed by atoms with Gasteiger partial charge >= 0.3 is 11.9 Å². The van der Waals surface area contributed by atoms with E-state index in [4.69, 9.17) is 0 Å². The number of aryl methyl sites for hydroxylation is 1. The van der Waals surface area contributed by atoms with Crippen LogP contribution in [-0.4, -0.2) is 11.9 Å². The molecule has 4 heteroatoms. The van der Waals surface area contributed by atoms with Gasteiger partial charge in [0.1, 0.15) is 0 Å². The van der Waals surface area contributed by atoms with Crippen LogP contribution in [0.4, 0.5) is 0 Å². The number of ether oxygens (including phenoxy) is 1. The monoisotopic (exact) mass is 210 g/mol. The molecule has 0 aromatic carbocycles. The topological polar surface area (TPSA) is 43.4 Å². The SMILES string of the molecule is Cc1ccsc1C1CC(=O)OC(=O)C1. The number of hydrogen-bond acceptors (Lipinski definition) is 4. The highest BCUT2D eigenvalue weighted by atomic mass is 32.1. The molecule has 1 aromatic rings. The van der Waals surface area contributed by atoms with E-state index in [1.807, 2.05) is 18.4 Å². The van der Waals surface area contributed by atoms with Gasteiger partial charge in [0, 0.05) is 10.8 Å². The van der Waals surface area contributed by atoms with Crippen LogP contribution in [0.25, 0.3) is 0 Å². The van der Waals surface area contributed by atoms with Crippen LogP contribution >= 0.6 is 11.3 Å². The fourth-order valence-corrected chi connectivity index (χ4v) is 2.70. The lowest BCUT2D eigenvalue weighted by molar-refractivity contribution is -0.163. The Morgan fingerprint density at radius 2 is 2.00 bits per heavy atom. The summed E-state index contributed by atoms with van der Waals surface area (Å²) in [7, 11) is 0. The molecule has 0 radical (unpaired) electrons. The first-order chi connectivity index (χ1) is 6.66. The van der Waals surface area contributed by atoms with E-state index in [-0.39, 0.29) is 5.92 Å². The van der Waals surface area contributed by atoms with Crippen molar-refractivity contribution in [2.24, 2.45) is 0 Å². The third-order valence-corrected chi connectivity index (χ3v) is 3.51. The van der Waals surface area contributed by atoms with Crippen molar-refractivity contribution in [3.63, 3.8) is 0 Å². The van der Waals surface area contributed by atoms with Gasteiger partial charge in [0.15, 0.2) is 0 Å². The zero-order valence-electron chi connectivity index (χ0n) is 7.78. The molecule has 0 N–H and O–H groups in total. The summed E-state index contributed by atoms with van der Waals surface area (Å²) in [6.07, 6.45) is 0.653. The molecule has 14 heavy (non-hydrogen) atoms. The van der Waals surface area contributed by atoms with Crippen LogP contribution in [-0.2, 0) is 14.3 Å². The van der Waals surface area contributed by atoms with Gasteiger partial charge in [-0.3, -0.25) is 9.59 Å². The number of thiophene rings is 1. The maximum Gasteiger partial charge on any atom is 0.314 e. The second-order valence-corrected chi connectivity index (χ2v) is 4.37. The highest BCUT2D eigenvalue weighted by Crippen LogP contribution is 2.33. The Morgan fingerprint density at radius 3 is 2.50 bits per heavy atom. The van der Waals surface area contributed by atoms with Crippen LogP contribution in [0.15, 0.2) is 11.4 Å². The summed E-state index contributed by atoms with van der Waals surface area (Å²) in [5.41, 5.74) is 1.16. The minimum Gasteiger partial charge on any atom is -0.393 e. The van der Waals surface area contributed by atoms with Crippen LogP contribution in [0.2, 0.25) is 0 Å². The second-order valence-electron chi connectivity index (χ2n) is 3.42. The summed E-state index contributed by atoms with van der Waals surface area (Å²) in [6.45, 7) is 2.00. The molecule has 0 saturated carbocycles. The second kappa shape index (κ2) is 3.53. The van der Waals surface area contributed by atoms with Gasteiger partial charge in [-0.15, -0.1) is 11.3 Å². The molecule has 2 heterocycles. The Balaban J connectivity index is 2.23. The van der Waals surface area contributed by atoms with Crippen molar-refractivity contribution in [3.8, 4) is 0 Å². The van der Waals surface area contributed by atoms with Crippen LogP contribution in [0.3, 0.4) is 0 Å². The first-order valence-electron chi connectivity index (χ1n) is 4.44. The maximum atomic E-state index is 11.1. The molecule has 0 atom stereocenters. The van der Waals surface area contributed by atoms with E-state index in [0.29, 0.717) is 12.8 Å². The summed E-state index contributed by atoms with van der Waals surface area (Å²) < 4.78 is 4.48. The number of esters is 2. The van der Waals surface area contributed by atoms with Crippen molar-refractivity contribution in [1.29, 1.82) is 0 Å². The first kappa shape index (κ1) is 9.40. The Hall–Kier alpha value is -1.16. The Labute approximate surface area is 85.7 Å². The quantitative estimate of drug-likeness (QED) is 0.526. The molecule has 1 aliphatic heterocycles. The van der Waals surface area contributed by atoms with Crippen molar-refractivity contribution >= 4 is 23.3 Å². The van der Waals surface area contributed by atoms with E-state index < -0.39 is 11.9 Å². The third kappa shape index (κ3) is 1.70. The van der Waals surface area contributed by atoms with E-state index in [1.165, 1.54) is 0 Å². The first-order valence-corrected chi connectivity index (χ1v) is 5.32. The predicted molar refractivity (Wildman–Crippen MR) is 52.1 cm³/mol. The number of rotatable bonds is 1.